The van der Waals surface area contributed by atoms with Crippen LogP contribution in [0.3, 0.4) is 0 Å². The number of rotatable bonds is 9. The second-order valence-electron chi connectivity index (χ2n) is 7.15. The second kappa shape index (κ2) is 13.2. The smallest absolute Gasteiger partial charge is 0.190 e. The van der Waals surface area contributed by atoms with E-state index in [9.17, 15) is 0 Å². The van der Waals surface area contributed by atoms with Crippen molar-refractivity contribution in [3.8, 4) is 0 Å². The summed E-state index contributed by atoms with van der Waals surface area (Å²) in [5.74, 6) is 0.889. The van der Waals surface area contributed by atoms with E-state index in [-0.39, 0.29) is 24.0 Å². The van der Waals surface area contributed by atoms with Gasteiger partial charge in [-0.05, 0) is 31.1 Å². The molecule has 1 atom stereocenters. The molecule has 1 saturated heterocycles. The summed E-state index contributed by atoms with van der Waals surface area (Å²) in [6.45, 7) is 11.1. The van der Waals surface area contributed by atoms with Gasteiger partial charge in [0, 0.05) is 33.4 Å². The maximum atomic E-state index is 5.74. The van der Waals surface area contributed by atoms with Crippen molar-refractivity contribution in [2.75, 3.05) is 40.0 Å². The Labute approximate surface area is 159 Å². The van der Waals surface area contributed by atoms with Crippen molar-refractivity contribution < 1.29 is 9.47 Å². The normalized spacial score (nSPS) is 18.6. The van der Waals surface area contributed by atoms with Crippen LogP contribution in [0.5, 0.6) is 0 Å². The second-order valence-corrected chi connectivity index (χ2v) is 7.15. The zero-order chi connectivity index (χ0) is 16.3. The first-order chi connectivity index (χ1) is 10.5. The third-order valence-electron chi connectivity index (χ3n) is 3.72. The van der Waals surface area contributed by atoms with Gasteiger partial charge in [0.2, 0.25) is 0 Å². The summed E-state index contributed by atoms with van der Waals surface area (Å²) in [5, 5.41) is 6.70. The predicted octanol–water partition coefficient (Wildman–Crippen LogP) is 3.18. The van der Waals surface area contributed by atoms with Crippen LogP contribution in [0.15, 0.2) is 4.99 Å². The van der Waals surface area contributed by atoms with E-state index in [4.69, 9.17) is 9.47 Å². The Morgan fingerprint density at radius 3 is 2.43 bits per heavy atom. The molecule has 5 nitrogen and oxygen atoms in total. The third kappa shape index (κ3) is 12.9. The molecule has 6 heteroatoms. The first-order valence-corrected chi connectivity index (χ1v) is 8.65. The number of ether oxygens (including phenoxy) is 2. The number of unbranched alkanes of at least 4 members (excludes halogenated alkanes) is 1. The zero-order valence-electron chi connectivity index (χ0n) is 15.3. The molecule has 1 fully saturated rings. The lowest BCUT2D eigenvalue weighted by molar-refractivity contribution is 0.0420. The van der Waals surface area contributed by atoms with E-state index in [0.29, 0.717) is 11.5 Å². The molecule has 138 valence electrons. The Kier molecular flexibility index (Phi) is 13.2. The third-order valence-corrected chi connectivity index (χ3v) is 3.72. The van der Waals surface area contributed by atoms with Crippen LogP contribution >= 0.6 is 24.0 Å². The predicted molar refractivity (Wildman–Crippen MR) is 108 cm³/mol. The van der Waals surface area contributed by atoms with Crippen LogP contribution < -0.4 is 10.6 Å². The average Bonchev–Trinajstić information content (AvgIpc) is 2.96. The molecule has 0 bridgehead atoms. The minimum Gasteiger partial charge on any atom is -0.379 e. The first kappa shape index (κ1) is 22.9. The van der Waals surface area contributed by atoms with E-state index in [0.717, 1.165) is 51.7 Å². The van der Waals surface area contributed by atoms with Gasteiger partial charge in [-0.3, -0.25) is 4.99 Å². The van der Waals surface area contributed by atoms with Gasteiger partial charge in [0.15, 0.2) is 5.96 Å². The van der Waals surface area contributed by atoms with E-state index in [1.54, 1.807) is 0 Å². The Hall–Kier alpha value is -0.0800. The minimum atomic E-state index is 0. The summed E-state index contributed by atoms with van der Waals surface area (Å²) >= 11 is 0. The largest absolute Gasteiger partial charge is 0.379 e. The van der Waals surface area contributed by atoms with Crippen molar-refractivity contribution in [2.24, 2.45) is 10.4 Å². The Balaban J connectivity index is 0.00000484. The lowest BCUT2D eigenvalue weighted by Crippen LogP contribution is -2.38. The maximum Gasteiger partial charge on any atom is 0.190 e. The summed E-state index contributed by atoms with van der Waals surface area (Å²) in [6, 6.07) is 0. The molecule has 1 aliphatic rings. The van der Waals surface area contributed by atoms with Gasteiger partial charge >= 0.3 is 0 Å². The average molecular weight is 441 g/mol. The quantitative estimate of drug-likeness (QED) is 0.250. The first-order valence-electron chi connectivity index (χ1n) is 8.65. The highest BCUT2D eigenvalue weighted by atomic mass is 127. The fourth-order valence-electron chi connectivity index (χ4n) is 2.38. The zero-order valence-corrected chi connectivity index (χ0v) is 17.7. The SMILES string of the molecule is CN=C(NCCCCC(C)(C)C)NCCCOC1CCOC1.I. The van der Waals surface area contributed by atoms with Crippen LogP contribution in [0.4, 0.5) is 0 Å². The molecule has 0 amide bonds. The number of hydrogen-bond acceptors (Lipinski definition) is 3. The molecule has 0 radical (unpaired) electrons. The van der Waals surface area contributed by atoms with Crippen LogP contribution in [0, 0.1) is 5.41 Å². The Bertz CT molecular complexity index is 313. The van der Waals surface area contributed by atoms with E-state index < -0.39 is 0 Å². The van der Waals surface area contributed by atoms with Crippen LogP contribution in [0.25, 0.3) is 0 Å². The van der Waals surface area contributed by atoms with Crippen LogP contribution in [-0.2, 0) is 9.47 Å². The van der Waals surface area contributed by atoms with Crippen LogP contribution in [0.1, 0.15) is 52.9 Å². The number of hydrogen-bond donors (Lipinski definition) is 2. The van der Waals surface area contributed by atoms with Gasteiger partial charge in [-0.25, -0.2) is 0 Å². The highest BCUT2D eigenvalue weighted by molar-refractivity contribution is 14.0. The molecule has 0 saturated carbocycles. The molecule has 1 rings (SSSR count). The lowest BCUT2D eigenvalue weighted by Gasteiger charge is -2.18. The van der Waals surface area contributed by atoms with Gasteiger partial charge in [0.05, 0.1) is 12.7 Å². The summed E-state index contributed by atoms with van der Waals surface area (Å²) in [7, 11) is 1.82. The molecule has 0 spiro atoms. The van der Waals surface area contributed by atoms with Gasteiger partial charge in [-0.2, -0.15) is 0 Å². The van der Waals surface area contributed by atoms with Crippen molar-refractivity contribution in [1.82, 2.24) is 10.6 Å². The molecule has 2 N–H and O–H groups in total. The molecule has 0 aliphatic carbocycles. The molecular formula is C17H36IN3O2. The topological polar surface area (TPSA) is 54.9 Å². The maximum absolute atomic E-state index is 5.74. The van der Waals surface area contributed by atoms with Crippen molar-refractivity contribution in [3.05, 3.63) is 0 Å². The summed E-state index contributed by atoms with van der Waals surface area (Å²) in [4.78, 5) is 4.24. The van der Waals surface area contributed by atoms with Crippen molar-refractivity contribution in [3.63, 3.8) is 0 Å². The standard InChI is InChI=1S/C17H35N3O2.HI/c1-17(2,3)9-5-6-10-19-16(18-4)20-11-7-12-22-15-8-13-21-14-15;/h15H,5-14H2,1-4H3,(H2,18,19,20);1H. The van der Waals surface area contributed by atoms with Gasteiger partial charge in [0.1, 0.15) is 0 Å². The number of guanidine groups is 1. The highest BCUT2D eigenvalue weighted by Crippen LogP contribution is 2.21. The Morgan fingerprint density at radius 2 is 1.87 bits per heavy atom. The van der Waals surface area contributed by atoms with Gasteiger partial charge < -0.3 is 20.1 Å². The van der Waals surface area contributed by atoms with Crippen molar-refractivity contribution >= 4 is 29.9 Å². The van der Waals surface area contributed by atoms with Crippen molar-refractivity contribution in [1.29, 1.82) is 0 Å². The van der Waals surface area contributed by atoms with Gasteiger partial charge in [-0.1, -0.05) is 27.2 Å². The fourth-order valence-corrected chi connectivity index (χ4v) is 2.38. The van der Waals surface area contributed by atoms with Gasteiger partial charge in [-0.15, -0.1) is 24.0 Å². The number of nitrogens with zero attached hydrogens (tertiary/aromatic N) is 1. The minimum absolute atomic E-state index is 0. The monoisotopic (exact) mass is 441 g/mol. The Morgan fingerprint density at radius 1 is 1.17 bits per heavy atom. The molecule has 23 heavy (non-hydrogen) atoms. The van der Waals surface area contributed by atoms with Crippen LogP contribution in [0.2, 0.25) is 0 Å². The van der Waals surface area contributed by atoms with E-state index >= 15 is 0 Å². The van der Waals surface area contributed by atoms with Crippen molar-refractivity contribution in [2.45, 2.75) is 59.0 Å². The highest BCUT2D eigenvalue weighted by Gasteiger charge is 2.15. The molecule has 0 aromatic rings. The van der Waals surface area contributed by atoms with Gasteiger partial charge in [0.25, 0.3) is 0 Å². The molecule has 1 aliphatic heterocycles. The number of nitrogens with one attached hydrogen (secondary N) is 2. The molecule has 0 aromatic carbocycles. The van der Waals surface area contributed by atoms with E-state index in [1.165, 1.54) is 19.3 Å². The van der Waals surface area contributed by atoms with E-state index in [1.807, 2.05) is 7.05 Å². The summed E-state index contributed by atoms with van der Waals surface area (Å²) in [6.07, 6.45) is 6.03. The fraction of sp³-hybridized carbons (Fsp3) is 0.941. The van der Waals surface area contributed by atoms with Crippen LogP contribution in [-0.4, -0.2) is 52.0 Å². The van der Waals surface area contributed by atoms with E-state index in [2.05, 4.69) is 36.4 Å². The molecule has 1 heterocycles. The summed E-state index contributed by atoms with van der Waals surface area (Å²) < 4.78 is 11.0. The summed E-state index contributed by atoms with van der Waals surface area (Å²) in [5.41, 5.74) is 0.435. The number of halogens is 1. The lowest BCUT2D eigenvalue weighted by atomic mass is 9.90. The molecule has 1 unspecified atom stereocenters. The number of aliphatic imine (C=N–C) groups is 1. The molecular weight excluding hydrogens is 405 g/mol. The molecule has 0 aromatic heterocycles.